The van der Waals surface area contributed by atoms with Gasteiger partial charge in [0.05, 0.1) is 26.0 Å². The highest BCUT2D eigenvalue weighted by Gasteiger charge is 2.13. The minimum Gasteiger partial charge on any atom is -0.468 e. The van der Waals surface area contributed by atoms with Crippen molar-refractivity contribution in [1.82, 2.24) is 10.2 Å². The minimum atomic E-state index is 0.552. The molecule has 1 aromatic rings. The van der Waals surface area contributed by atoms with Crippen LogP contribution in [0.5, 0.6) is 0 Å². The van der Waals surface area contributed by atoms with E-state index in [0.29, 0.717) is 18.7 Å². The molecular formula is C17H32N2O2. The van der Waals surface area contributed by atoms with Crippen molar-refractivity contribution in [2.24, 2.45) is 0 Å². The summed E-state index contributed by atoms with van der Waals surface area (Å²) in [4.78, 5) is 2.44. The molecule has 4 nitrogen and oxygen atoms in total. The van der Waals surface area contributed by atoms with E-state index in [4.69, 9.17) is 9.15 Å². The molecule has 1 N–H and O–H groups in total. The van der Waals surface area contributed by atoms with Gasteiger partial charge in [-0.1, -0.05) is 6.92 Å². The molecule has 0 saturated carbocycles. The standard InChI is InChI=1S/C17H32N2O2/c1-6-8-18-12-17-16(7-10-21-17)13-20-11-9-19(14(2)3)15(4)5/h7,10,14-15,18H,6,8-9,11-13H2,1-5H3. The monoisotopic (exact) mass is 296 g/mol. The van der Waals surface area contributed by atoms with Crippen LogP contribution in [-0.4, -0.2) is 36.7 Å². The quantitative estimate of drug-likeness (QED) is 0.635. The second kappa shape index (κ2) is 9.98. The highest BCUT2D eigenvalue weighted by molar-refractivity contribution is 5.15. The summed E-state index contributed by atoms with van der Waals surface area (Å²) in [5.41, 5.74) is 1.15. The Labute approximate surface area is 129 Å². The van der Waals surface area contributed by atoms with Crippen molar-refractivity contribution in [1.29, 1.82) is 0 Å². The number of hydrogen-bond donors (Lipinski definition) is 1. The van der Waals surface area contributed by atoms with Crippen LogP contribution in [0.25, 0.3) is 0 Å². The van der Waals surface area contributed by atoms with Crippen molar-refractivity contribution in [3.05, 3.63) is 23.7 Å². The number of nitrogens with zero attached hydrogens (tertiary/aromatic N) is 1. The average Bonchev–Trinajstić information content (AvgIpc) is 2.85. The fraction of sp³-hybridized carbons (Fsp3) is 0.765. The van der Waals surface area contributed by atoms with Crippen LogP contribution >= 0.6 is 0 Å². The second-order valence-electron chi connectivity index (χ2n) is 6.02. The maximum atomic E-state index is 5.83. The van der Waals surface area contributed by atoms with E-state index in [9.17, 15) is 0 Å². The summed E-state index contributed by atoms with van der Waals surface area (Å²) >= 11 is 0. The van der Waals surface area contributed by atoms with Crippen molar-refractivity contribution >= 4 is 0 Å². The predicted molar refractivity (Wildman–Crippen MR) is 87.3 cm³/mol. The molecule has 0 bridgehead atoms. The van der Waals surface area contributed by atoms with E-state index < -0.39 is 0 Å². The predicted octanol–water partition coefficient (Wildman–Crippen LogP) is 3.41. The summed E-state index contributed by atoms with van der Waals surface area (Å²) in [6.45, 7) is 15.2. The molecule has 21 heavy (non-hydrogen) atoms. The summed E-state index contributed by atoms with van der Waals surface area (Å²) < 4.78 is 11.3. The highest BCUT2D eigenvalue weighted by atomic mass is 16.5. The minimum absolute atomic E-state index is 0.552. The molecule has 1 heterocycles. The van der Waals surface area contributed by atoms with Crippen molar-refractivity contribution in [3.8, 4) is 0 Å². The van der Waals surface area contributed by atoms with E-state index in [1.165, 1.54) is 0 Å². The van der Waals surface area contributed by atoms with Gasteiger partial charge >= 0.3 is 0 Å². The third-order valence-corrected chi connectivity index (χ3v) is 3.63. The Morgan fingerprint density at radius 1 is 1.24 bits per heavy atom. The Morgan fingerprint density at radius 2 is 1.95 bits per heavy atom. The molecule has 0 aromatic carbocycles. The molecule has 0 aliphatic heterocycles. The molecule has 4 heteroatoms. The van der Waals surface area contributed by atoms with Crippen LogP contribution in [0.3, 0.4) is 0 Å². The van der Waals surface area contributed by atoms with E-state index in [2.05, 4.69) is 44.8 Å². The third kappa shape index (κ3) is 6.64. The van der Waals surface area contributed by atoms with Crippen LogP contribution in [0.15, 0.2) is 16.7 Å². The first-order valence-corrected chi connectivity index (χ1v) is 8.15. The molecule has 0 aliphatic rings. The largest absolute Gasteiger partial charge is 0.468 e. The SMILES string of the molecule is CCCNCc1occc1COCCN(C(C)C)C(C)C. The van der Waals surface area contributed by atoms with Gasteiger partial charge in [-0.05, 0) is 46.7 Å². The van der Waals surface area contributed by atoms with Crippen LogP contribution in [0.1, 0.15) is 52.4 Å². The van der Waals surface area contributed by atoms with Gasteiger partial charge < -0.3 is 14.5 Å². The third-order valence-electron chi connectivity index (χ3n) is 3.63. The second-order valence-corrected chi connectivity index (χ2v) is 6.02. The fourth-order valence-corrected chi connectivity index (χ4v) is 2.49. The normalized spacial score (nSPS) is 12.0. The maximum Gasteiger partial charge on any atom is 0.123 e. The molecule has 1 aromatic heterocycles. The van der Waals surface area contributed by atoms with Gasteiger partial charge in [-0.3, -0.25) is 4.90 Å². The number of hydrogen-bond acceptors (Lipinski definition) is 4. The van der Waals surface area contributed by atoms with Gasteiger partial charge in [0.25, 0.3) is 0 Å². The highest BCUT2D eigenvalue weighted by Crippen LogP contribution is 2.12. The van der Waals surface area contributed by atoms with Crippen LogP contribution in [-0.2, 0) is 17.9 Å². The molecule has 1 rings (SSSR count). The van der Waals surface area contributed by atoms with Crippen LogP contribution in [0.2, 0.25) is 0 Å². The number of ether oxygens (including phenoxy) is 1. The summed E-state index contributed by atoms with van der Waals surface area (Å²) in [7, 11) is 0. The van der Waals surface area contributed by atoms with E-state index in [1.54, 1.807) is 6.26 Å². The lowest BCUT2D eigenvalue weighted by Crippen LogP contribution is -2.39. The van der Waals surface area contributed by atoms with Crippen molar-refractivity contribution in [2.45, 2.75) is 66.3 Å². The molecular weight excluding hydrogens is 264 g/mol. The van der Waals surface area contributed by atoms with E-state index in [-0.39, 0.29) is 0 Å². The smallest absolute Gasteiger partial charge is 0.123 e. The van der Waals surface area contributed by atoms with Crippen molar-refractivity contribution in [2.75, 3.05) is 19.7 Å². The molecule has 0 aliphatic carbocycles. The number of nitrogens with one attached hydrogen (secondary N) is 1. The van der Waals surface area contributed by atoms with Crippen LogP contribution < -0.4 is 5.32 Å². The summed E-state index contributed by atoms with van der Waals surface area (Å²) in [6.07, 6.45) is 2.88. The van der Waals surface area contributed by atoms with E-state index in [0.717, 1.165) is 44.0 Å². The van der Waals surface area contributed by atoms with Crippen molar-refractivity contribution < 1.29 is 9.15 Å². The van der Waals surface area contributed by atoms with Gasteiger partial charge in [0.2, 0.25) is 0 Å². The molecule has 0 unspecified atom stereocenters. The van der Waals surface area contributed by atoms with Crippen LogP contribution in [0, 0.1) is 0 Å². The van der Waals surface area contributed by atoms with Crippen LogP contribution in [0.4, 0.5) is 0 Å². The zero-order chi connectivity index (χ0) is 15.7. The lowest BCUT2D eigenvalue weighted by molar-refractivity contribution is 0.0693. The number of furan rings is 1. The van der Waals surface area contributed by atoms with Gasteiger partial charge in [-0.2, -0.15) is 0 Å². The van der Waals surface area contributed by atoms with E-state index in [1.807, 2.05) is 6.07 Å². The van der Waals surface area contributed by atoms with Gasteiger partial charge in [-0.25, -0.2) is 0 Å². The first-order chi connectivity index (χ1) is 10.1. The van der Waals surface area contributed by atoms with Gasteiger partial charge in [0.15, 0.2) is 0 Å². The lowest BCUT2D eigenvalue weighted by atomic mass is 10.2. The summed E-state index contributed by atoms with van der Waals surface area (Å²) in [5, 5.41) is 3.36. The van der Waals surface area contributed by atoms with Gasteiger partial charge in [0.1, 0.15) is 5.76 Å². The van der Waals surface area contributed by atoms with Crippen molar-refractivity contribution in [3.63, 3.8) is 0 Å². The zero-order valence-corrected chi connectivity index (χ0v) is 14.3. The molecule has 0 radical (unpaired) electrons. The molecule has 0 saturated heterocycles. The first kappa shape index (κ1) is 18.2. The Balaban J connectivity index is 2.31. The first-order valence-electron chi connectivity index (χ1n) is 8.15. The van der Waals surface area contributed by atoms with E-state index >= 15 is 0 Å². The Bertz CT molecular complexity index is 367. The molecule has 0 spiro atoms. The van der Waals surface area contributed by atoms with Gasteiger partial charge in [0, 0.05) is 24.2 Å². The fourth-order valence-electron chi connectivity index (χ4n) is 2.49. The Hall–Kier alpha value is -0.840. The Kier molecular flexibility index (Phi) is 8.66. The zero-order valence-electron chi connectivity index (χ0n) is 14.3. The van der Waals surface area contributed by atoms with Gasteiger partial charge in [-0.15, -0.1) is 0 Å². The summed E-state index contributed by atoms with van der Waals surface area (Å²) in [5.74, 6) is 0.994. The molecule has 0 amide bonds. The summed E-state index contributed by atoms with van der Waals surface area (Å²) in [6, 6.07) is 3.11. The topological polar surface area (TPSA) is 37.6 Å². The molecule has 122 valence electrons. The number of rotatable bonds is 11. The Morgan fingerprint density at radius 3 is 2.57 bits per heavy atom. The average molecular weight is 296 g/mol. The lowest BCUT2D eigenvalue weighted by Gasteiger charge is -2.30. The maximum absolute atomic E-state index is 5.83. The molecule has 0 fully saturated rings. The molecule has 0 atom stereocenters.